The zero-order valence-corrected chi connectivity index (χ0v) is 14.8. The monoisotopic (exact) mass is 344 g/mol. The summed E-state index contributed by atoms with van der Waals surface area (Å²) in [6.07, 6.45) is 3.29. The number of hydrogen-bond acceptors (Lipinski definition) is 4. The number of hydrogen-bond donors (Lipinski definition) is 0. The van der Waals surface area contributed by atoms with E-state index in [9.17, 15) is 0 Å². The predicted octanol–water partition coefficient (Wildman–Crippen LogP) is 4.14. The molecule has 0 radical (unpaired) electrons. The molecular weight excluding hydrogens is 327 g/mol. The van der Waals surface area contributed by atoms with E-state index in [1.807, 2.05) is 34.0 Å². The average molecular weight is 344 g/mol. The van der Waals surface area contributed by atoms with Crippen molar-refractivity contribution in [3.63, 3.8) is 0 Å². The Labute approximate surface area is 144 Å². The predicted molar refractivity (Wildman–Crippen MR) is 102 cm³/mol. The minimum atomic E-state index is 0.329. The van der Waals surface area contributed by atoms with Crippen molar-refractivity contribution < 1.29 is 4.74 Å². The van der Waals surface area contributed by atoms with Gasteiger partial charge in [-0.25, -0.2) is 0 Å². The molecule has 3 aromatic rings. The molecule has 0 atom stereocenters. The summed E-state index contributed by atoms with van der Waals surface area (Å²) in [5.74, 6) is 0. The summed E-state index contributed by atoms with van der Waals surface area (Å²) in [6.45, 7) is 1.09. The molecule has 0 N–H and O–H groups in total. The lowest BCUT2D eigenvalue weighted by atomic mass is 9.42. The number of methoxy groups -OCH3 is 1. The maximum Gasteiger partial charge on any atom is 0.267 e. The standard InChI is InChI=1S/C17H17BOS3/c1-19-10-2-6-14(15-7-3-11-20-15)18(16-8-4-12-21-16)17-9-5-13-22-17/h3-9,11-13H,2,10H2,1H3/b14-6-. The first-order valence-corrected chi connectivity index (χ1v) is 9.83. The van der Waals surface area contributed by atoms with Crippen molar-refractivity contribution in [1.82, 2.24) is 0 Å². The molecule has 22 heavy (non-hydrogen) atoms. The van der Waals surface area contributed by atoms with Crippen molar-refractivity contribution in [1.29, 1.82) is 0 Å². The largest absolute Gasteiger partial charge is 0.384 e. The SMILES string of the molecule is COCC/C=C(\B(c1cccs1)c1cccs1)c1cccs1. The molecule has 1 nitrogen and oxygen atoms in total. The van der Waals surface area contributed by atoms with Crippen LogP contribution in [0.1, 0.15) is 11.3 Å². The normalized spacial score (nSPS) is 11.8. The average Bonchev–Trinajstić information content (AvgIpc) is 3.28. The first-order valence-electron chi connectivity index (χ1n) is 7.20. The molecule has 0 saturated carbocycles. The fourth-order valence-corrected chi connectivity index (χ4v) is 5.09. The molecule has 0 unspecified atom stereocenters. The van der Waals surface area contributed by atoms with Crippen LogP contribution in [0.15, 0.2) is 58.6 Å². The van der Waals surface area contributed by atoms with Crippen LogP contribution in [0.25, 0.3) is 5.47 Å². The van der Waals surface area contributed by atoms with E-state index in [0.29, 0.717) is 6.71 Å². The fourth-order valence-electron chi connectivity index (χ4n) is 2.49. The van der Waals surface area contributed by atoms with Gasteiger partial charge in [-0.3, -0.25) is 0 Å². The van der Waals surface area contributed by atoms with E-state index in [1.165, 1.54) is 19.9 Å². The minimum Gasteiger partial charge on any atom is -0.384 e. The Morgan fingerprint density at radius 3 is 2.14 bits per heavy atom. The van der Waals surface area contributed by atoms with Gasteiger partial charge in [0.15, 0.2) is 0 Å². The lowest BCUT2D eigenvalue weighted by molar-refractivity contribution is 0.204. The highest BCUT2D eigenvalue weighted by Gasteiger charge is 2.27. The Morgan fingerprint density at radius 2 is 1.64 bits per heavy atom. The maximum absolute atomic E-state index is 5.23. The highest BCUT2D eigenvalue weighted by molar-refractivity contribution is 7.35. The van der Waals surface area contributed by atoms with Crippen LogP contribution in [-0.2, 0) is 4.74 Å². The van der Waals surface area contributed by atoms with E-state index in [4.69, 9.17) is 4.74 Å². The van der Waals surface area contributed by atoms with E-state index in [0.717, 1.165) is 13.0 Å². The summed E-state index contributed by atoms with van der Waals surface area (Å²) in [6, 6.07) is 13.1. The van der Waals surface area contributed by atoms with Crippen LogP contribution < -0.4 is 9.55 Å². The molecule has 0 aliphatic carbocycles. The molecule has 0 spiro atoms. The van der Waals surface area contributed by atoms with Crippen molar-refractivity contribution in [2.45, 2.75) is 6.42 Å². The Bertz CT molecular complexity index is 650. The summed E-state index contributed by atoms with van der Waals surface area (Å²) >= 11 is 5.48. The molecular formula is C17H17BOS3. The fraction of sp³-hybridized carbons (Fsp3) is 0.176. The van der Waals surface area contributed by atoms with Crippen molar-refractivity contribution in [3.05, 3.63) is 63.5 Å². The van der Waals surface area contributed by atoms with Gasteiger partial charge in [0.05, 0.1) is 0 Å². The van der Waals surface area contributed by atoms with Gasteiger partial charge in [-0.1, -0.05) is 41.9 Å². The molecule has 0 saturated heterocycles. The molecule has 3 aromatic heterocycles. The molecule has 0 aliphatic rings. The third-order valence-corrected chi connectivity index (χ3v) is 6.25. The first-order chi connectivity index (χ1) is 10.9. The Morgan fingerprint density at radius 1 is 1.00 bits per heavy atom. The third-order valence-electron chi connectivity index (χ3n) is 3.46. The second kappa shape index (κ2) is 7.93. The molecule has 112 valence electrons. The molecule has 0 aliphatic heterocycles. The second-order valence-electron chi connectivity index (χ2n) is 4.88. The third kappa shape index (κ3) is 3.61. The van der Waals surface area contributed by atoms with Crippen molar-refractivity contribution >= 4 is 55.7 Å². The Balaban J connectivity index is 2.03. The van der Waals surface area contributed by atoms with Crippen LogP contribution in [0.3, 0.4) is 0 Å². The van der Waals surface area contributed by atoms with Crippen molar-refractivity contribution in [2.24, 2.45) is 0 Å². The van der Waals surface area contributed by atoms with E-state index in [-0.39, 0.29) is 0 Å². The van der Waals surface area contributed by atoms with Crippen LogP contribution in [0.4, 0.5) is 0 Å². The van der Waals surface area contributed by atoms with Crippen LogP contribution in [-0.4, -0.2) is 20.4 Å². The van der Waals surface area contributed by atoms with Crippen LogP contribution in [0.5, 0.6) is 0 Å². The smallest absolute Gasteiger partial charge is 0.267 e. The Hall–Kier alpha value is -1.14. The minimum absolute atomic E-state index is 0.329. The number of thiophene rings is 3. The topological polar surface area (TPSA) is 9.23 Å². The van der Waals surface area contributed by atoms with Crippen LogP contribution in [0, 0.1) is 0 Å². The van der Waals surface area contributed by atoms with E-state index in [2.05, 4.69) is 58.6 Å². The molecule has 5 heteroatoms. The molecule has 3 rings (SSSR count). The summed E-state index contributed by atoms with van der Waals surface area (Å²) in [5, 5.41) is 6.48. The van der Waals surface area contributed by atoms with Gasteiger partial charge in [-0.05, 0) is 38.2 Å². The van der Waals surface area contributed by atoms with E-state index < -0.39 is 0 Å². The quantitative estimate of drug-likeness (QED) is 0.462. The molecule has 0 bridgehead atoms. The zero-order valence-electron chi connectivity index (χ0n) is 12.4. The zero-order chi connectivity index (χ0) is 15.2. The lowest BCUT2D eigenvalue weighted by Crippen LogP contribution is -2.40. The van der Waals surface area contributed by atoms with Crippen molar-refractivity contribution in [2.75, 3.05) is 13.7 Å². The molecule has 0 fully saturated rings. The summed E-state index contributed by atoms with van der Waals surface area (Å²) in [4.78, 5) is 1.35. The first kappa shape index (κ1) is 15.7. The molecule has 3 heterocycles. The van der Waals surface area contributed by atoms with Gasteiger partial charge in [0, 0.05) is 18.6 Å². The van der Waals surface area contributed by atoms with Gasteiger partial charge < -0.3 is 4.74 Å². The van der Waals surface area contributed by atoms with Crippen LogP contribution >= 0.6 is 34.0 Å². The Kier molecular flexibility index (Phi) is 5.67. The van der Waals surface area contributed by atoms with Gasteiger partial charge in [0.2, 0.25) is 0 Å². The van der Waals surface area contributed by atoms with Crippen molar-refractivity contribution in [3.8, 4) is 0 Å². The lowest BCUT2D eigenvalue weighted by Gasteiger charge is -2.14. The summed E-state index contributed by atoms with van der Waals surface area (Å²) in [5.41, 5.74) is 1.40. The van der Waals surface area contributed by atoms with Gasteiger partial charge in [-0.15, -0.1) is 11.3 Å². The molecule has 0 aromatic carbocycles. The van der Waals surface area contributed by atoms with Crippen LogP contribution in [0.2, 0.25) is 0 Å². The summed E-state index contributed by atoms with van der Waals surface area (Å²) < 4.78 is 8.04. The highest BCUT2D eigenvalue weighted by atomic mass is 32.1. The second-order valence-corrected chi connectivity index (χ2v) is 7.79. The number of rotatable bonds is 7. The molecule has 0 amide bonds. The highest BCUT2D eigenvalue weighted by Crippen LogP contribution is 2.25. The number of ether oxygens (including phenoxy) is 1. The van der Waals surface area contributed by atoms with E-state index in [1.54, 1.807) is 7.11 Å². The van der Waals surface area contributed by atoms with Gasteiger partial charge in [0.1, 0.15) is 0 Å². The van der Waals surface area contributed by atoms with Gasteiger partial charge >= 0.3 is 0 Å². The van der Waals surface area contributed by atoms with E-state index >= 15 is 0 Å². The van der Waals surface area contributed by atoms with Gasteiger partial charge in [0.25, 0.3) is 6.71 Å². The van der Waals surface area contributed by atoms with Gasteiger partial charge in [-0.2, -0.15) is 22.7 Å². The maximum atomic E-state index is 5.23. The summed E-state index contributed by atoms with van der Waals surface area (Å²) in [7, 11) is 1.76.